The van der Waals surface area contributed by atoms with E-state index in [4.69, 9.17) is 4.74 Å². The first-order chi connectivity index (χ1) is 9.17. The molecule has 1 atom stereocenters. The second-order valence-corrected chi connectivity index (χ2v) is 4.24. The van der Waals surface area contributed by atoms with Crippen molar-refractivity contribution < 1.29 is 9.84 Å². The molecule has 0 aliphatic carbocycles. The van der Waals surface area contributed by atoms with E-state index in [1.807, 2.05) is 24.3 Å². The van der Waals surface area contributed by atoms with Gasteiger partial charge in [-0.3, -0.25) is 0 Å². The van der Waals surface area contributed by atoms with Gasteiger partial charge in [0.15, 0.2) is 0 Å². The number of rotatable bonds is 6. The molecule has 0 radical (unpaired) electrons. The number of H-pyrrole nitrogens is 2. The monoisotopic (exact) mass is 263 g/mol. The topological polar surface area (TPSA) is 90.1 Å². The summed E-state index contributed by atoms with van der Waals surface area (Å²) < 4.78 is 5.06. The van der Waals surface area contributed by atoms with Crippen LogP contribution in [0.1, 0.15) is 5.69 Å². The van der Waals surface area contributed by atoms with Crippen LogP contribution < -0.4 is 15.7 Å². The molecule has 0 aliphatic heterocycles. The van der Waals surface area contributed by atoms with Gasteiger partial charge in [-0.25, -0.2) is 4.79 Å². The van der Waals surface area contributed by atoms with Crippen LogP contribution in [0.4, 0.5) is 5.69 Å². The largest absolute Gasteiger partial charge is 0.497 e. The fourth-order valence-electron chi connectivity index (χ4n) is 1.75. The van der Waals surface area contributed by atoms with Gasteiger partial charge in [-0.1, -0.05) is 0 Å². The number of benzene rings is 1. The number of ether oxygens (including phenoxy) is 1. The lowest BCUT2D eigenvalue weighted by molar-refractivity contribution is 0.187. The predicted octanol–water partition coefficient (Wildman–Crippen LogP) is 0.727. The molecule has 102 valence electrons. The van der Waals surface area contributed by atoms with Crippen LogP contribution in [0.25, 0.3) is 0 Å². The molecular formula is C13H17N3O3. The second-order valence-electron chi connectivity index (χ2n) is 4.24. The smallest absolute Gasteiger partial charge is 0.323 e. The lowest BCUT2D eigenvalue weighted by atomic mass is 10.2. The van der Waals surface area contributed by atoms with Crippen molar-refractivity contribution >= 4 is 5.69 Å². The molecule has 6 heteroatoms. The average molecular weight is 263 g/mol. The SMILES string of the molecule is COc1ccc(NCC(O)Cc2c[nH]c(=O)[nH]2)cc1. The molecule has 0 saturated heterocycles. The Morgan fingerprint density at radius 1 is 1.37 bits per heavy atom. The van der Waals surface area contributed by atoms with E-state index in [9.17, 15) is 9.90 Å². The Morgan fingerprint density at radius 3 is 2.68 bits per heavy atom. The number of aromatic amines is 2. The van der Waals surface area contributed by atoms with Gasteiger partial charge in [0.1, 0.15) is 5.75 Å². The van der Waals surface area contributed by atoms with Crippen molar-refractivity contribution in [2.75, 3.05) is 19.0 Å². The summed E-state index contributed by atoms with van der Waals surface area (Å²) in [6.45, 7) is 0.402. The normalized spacial score (nSPS) is 12.1. The summed E-state index contributed by atoms with van der Waals surface area (Å²) in [4.78, 5) is 16.0. The summed E-state index contributed by atoms with van der Waals surface area (Å²) in [7, 11) is 1.61. The zero-order valence-corrected chi connectivity index (χ0v) is 10.6. The van der Waals surface area contributed by atoms with Gasteiger partial charge in [0.25, 0.3) is 0 Å². The average Bonchev–Trinajstić information content (AvgIpc) is 2.82. The number of nitrogens with one attached hydrogen (secondary N) is 3. The second kappa shape index (κ2) is 6.10. The van der Waals surface area contributed by atoms with Crippen LogP contribution in [0, 0.1) is 0 Å². The van der Waals surface area contributed by atoms with Crippen molar-refractivity contribution in [1.29, 1.82) is 0 Å². The molecule has 0 saturated carbocycles. The highest BCUT2D eigenvalue weighted by Gasteiger charge is 2.07. The van der Waals surface area contributed by atoms with Gasteiger partial charge in [0.05, 0.1) is 13.2 Å². The summed E-state index contributed by atoms with van der Waals surface area (Å²) in [6.07, 6.45) is 1.38. The van der Waals surface area contributed by atoms with Crippen molar-refractivity contribution in [2.45, 2.75) is 12.5 Å². The van der Waals surface area contributed by atoms with Crippen LogP contribution in [0.2, 0.25) is 0 Å². The van der Waals surface area contributed by atoms with E-state index in [-0.39, 0.29) is 5.69 Å². The molecule has 1 aromatic carbocycles. The summed E-state index contributed by atoms with van der Waals surface area (Å²) in [5.41, 5.74) is 1.33. The third kappa shape index (κ3) is 3.89. The summed E-state index contributed by atoms with van der Waals surface area (Å²) in [5, 5.41) is 13.0. The summed E-state index contributed by atoms with van der Waals surface area (Å²) in [5.74, 6) is 0.788. The Morgan fingerprint density at radius 2 is 2.11 bits per heavy atom. The predicted molar refractivity (Wildman–Crippen MR) is 72.6 cm³/mol. The van der Waals surface area contributed by atoms with Crippen LogP contribution in [0.3, 0.4) is 0 Å². The molecule has 4 N–H and O–H groups in total. The summed E-state index contributed by atoms with van der Waals surface area (Å²) in [6, 6.07) is 7.45. The number of hydrogen-bond acceptors (Lipinski definition) is 4. The van der Waals surface area contributed by atoms with Gasteiger partial charge in [-0.2, -0.15) is 0 Å². The number of imidazole rings is 1. The number of aromatic nitrogens is 2. The minimum Gasteiger partial charge on any atom is -0.497 e. The summed E-state index contributed by atoms with van der Waals surface area (Å²) >= 11 is 0. The Labute approximate surface area is 110 Å². The lowest BCUT2D eigenvalue weighted by Gasteiger charge is -2.12. The fourth-order valence-corrected chi connectivity index (χ4v) is 1.75. The number of methoxy groups -OCH3 is 1. The van der Waals surface area contributed by atoms with Crippen molar-refractivity contribution in [3.8, 4) is 5.75 Å². The van der Waals surface area contributed by atoms with Crippen LogP contribution in [-0.2, 0) is 6.42 Å². The molecule has 2 aromatic rings. The van der Waals surface area contributed by atoms with Crippen LogP contribution in [-0.4, -0.2) is 34.8 Å². The van der Waals surface area contributed by atoms with E-state index < -0.39 is 6.10 Å². The molecule has 0 aliphatic rings. The Balaban J connectivity index is 1.82. The number of aliphatic hydroxyl groups is 1. The first-order valence-electron chi connectivity index (χ1n) is 6.00. The molecule has 1 aromatic heterocycles. The zero-order valence-electron chi connectivity index (χ0n) is 10.6. The van der Waals surface area contributed by atoms with Crippen molar-refractivity contribution in [1.82, 2.24) is 9.97 Å². The standard InChI is InChI=1S/C13H17N3O3/c1-19-12-4-2-9(3-5-12)14-8-11(17)6-10-7-15-13(18)16-10/h2-5,7,11,14,17H,6,8H2,1H3,(H2,15,16,18). The Bertz CT molecular complexity index is 559. The van der Waals surface area contributed by atoms with Gasteiger partial charge < -0.3 is 25.1 Å². The van der Waals surface area contributed by atoms with E-state index in [0.29, 0.717) is 18.7 Å². The quantitative estimate of drug-likeness (QED) is 0.618. The Kier molecular flexibility index (Phi) is 4.25. The molecule has 0 bridgehead atoms. The van der Waals surface area contributed by atoms with E-state index in [1.165, 1.54) is 0 Å². The van der Waals surface area contributed by atoms with Crippen molar-refractivity contribution in [3.05, 3.63) is 46.6 Å². The molecule has 6 nitrogen and oxygen atoms in total. The maximum atomic E-state index is 10.9. The highest BCUT2D eigenvalue weighted by Crippen LogP contribution is 2.14. The van der Waals surface area contributed by atoms with Gasteiger partial charge >= 0.3 is 5.69 Å². The minimum absolute atomic E-state index is 0.259. The van der Waals surface area contributed by atoms with E-state index in [1.54, 1.807) is 13.3 Å². The molecule has 19 heavy (non-hydrogen) atoms. The number of anilines is 1. The molecular weight excluding hydrogens is 246 g/mol. The third-order valence-electron chi connectivity index (χ3n) is 2.74. The van der Waals surface area contributed by atoms with Crippen molar-refractivity contribution in [2.24, 2.45) is 0 Å². The van der Waals surface area contributed by atoms with E-state index in [2.05, 4.69) is 15.3 Å². The van der Waals surface area contributed by atoms with Crippen LogP contribution in [0.5, 0.6) is 5.75 Å². The number of hydrogen-bond donors (Lipinski definition) is 4. The van der Waals surface area contributed by atoms with Gasteiger partial charge in [-0.05, 0) is 24.3 Å². The van der Waals surface area contributed by atoms with Crippen molar-refractivity contribution in [3.63, 3.8) is 0 Å². The van der Waals surface area contributed by atoms with Crippen LogP contribution in [0.15, 0.2) is 35.3 Å². The molecule has 0 amide bonds. The van der Waals surface area contributed by atoms with Crippen LogP contribution >= 0.6 is 0 Å². The maximum absolute atomic E-state index is 10.9. The first-order valence-corrected chi connectivity index (χ1v) is 6.00. The zero-order chi connectivity index (χ0) is 13.7. The molecule has 2 rings (SSSR count). The van der Waals surface area contributed by atoms with Gasteiger partial charge in [-0.15, -0.1) is 0 Å². The lowest BCUT2D eigenvalue weighted by Crippen LogP contribution is -2.22. The van der Waals surface area contributed by atoms with Gasteiger partial charge in [0.2, 0.25) is 0 Å². The highest BCUT2D eigenvalue weighted by atomic mass is 16.5. The number of aliphatic hydroxyl groups excluding tert-OH is 1. The van der Waals surface area contributed by atoms with E-state index >= 15 is 0 Å². The fraction of sp³-hybridized carbons (Fsp3) is 0.308. The van der Waals surface area contributed by atoms with E-state index in [0.717, 1.165) is 11.4 Å². The highest BCUT2D eigenvalue weighted by molar-refractivity contribution is 5.46. The first kappa shape index (κ1) is 13.2. The molecule has 0 fully saturated rings. The molecule has 1 unspecified atom stereocenters. The minimum atomic E-state index is -0.575. The van der Waals surface area contributed by atoms with Gasteiger partial charge in [0, 0.05) is 30.5 Å². The Hall–Kier alpha value is -2.21. The molecule has 1 heterocycles. The molecule has 0 spiro atoms. The maximum Gasteiger partial charge on any atom is 0.323 e. The third-order valence-corrected chi connectivity index (χ3v) is 2.74.